The highest BCUT2D eigenvalue weighted by atomic mass is 35.5. The summed E-state index contributed by atoms with van der Waals surface area (Å²) < 4.78 is 0. The molecule has 1 aliphatic rings. The van der Waals surface area contributed by atoms with Crippen LogP contribution in [0.5, 0.6) is 0 Å². The van der Waals surface area contributed by atoms with Crippen molar-refractivity contribution in [3.05, 3.63) is 33.8 Å². The molecule has 0 bridgehead atoms. The highest BCUT2D eigenvalue weighted by molar-refractivity contribution is 6.35. The van der Waals surface area contributed by atoms with Gasteiger partial charge in [0.25, 0.3) is 0 Å². The second kappa shape index (κ2) is 3.37. The number of nitrogens with two attached hydrogens (primary N) is 1. The van der Waals surface area contributed by atoms with Crippen molar-refractivity contribution >= 4 is 29.2 Å². The molecule has 0 spiro atoms. The van der Waals surface area contributed by atoms with E-state index in [1.165, 1.54) is 0 Å². The SMILES string of the molecule is N[C@@]1(C(=O)O)C[C@@H]1c1ccc(Cl)cc1Cl. The van der Waals surface area contributed by atoms with E-state index in [1.54, 1.807) is 18.2 Å². The van der Waals surface area contributed by atoms with Crippen LogP contribution in [0.2, 0.25) is 10.0 Å². The van der Waals surface area contributed by atoms with Gasteiger partial charge in [-0.15, -0.1) is 0 Å². The molecule has 1 saturated carbocycles. The van der Waals surface area contributed by atoms with Crippen molar-refractivity contribution in [1.82, 2.24) is 0 Å². The van der Waals surface area contributed by atoms with E-state index < -0.39 is 11.5 Å². The fourth-order valence-electron chi connectivity index (χ4n) is 1.69. The third kappa shape index (κ3) is 1.71. The average molecular weight is 246 g/mol. The van der Waals surface area contributed by atoms with Gasteiger partial charge in [-0.2, -0.15) is 0 Å². The van der Waals surface area contributed by atoms with Crippen molar-refractivity contribution in [2.24, 2.45) is 5.73 Å². The highest BCUT2D eigenvalue weighted by Gasteiger charge is 2.58. The van der Waals surface area contributed by atoms with Gasteiger partial charge in [0.15, 0.2) is 0 Å². The Labute approximate surface area is 96.8 Å². The van der Waals surface area contributed by atoms with Crippen LogP contribution in [0.25, 0.3) is 0 Å². The number of hydrogen-bond donors (Lipinski definition) is 2. The van der Waals surface area contributed by atoms with Gasteiger partial charge in [0, 0.05) is 16.0 Å². The van der Waals surface area contributed by atoms with Gasteiger partial charge in [0.05, 0.1) is 0 Å². The average Bonchev–Trinajstić information content (AvgIpc) is 2.79. The molecule has 0 aliphatic heterocycles. The van der Waals surface area contributed by atoms with E-state index >= 15 is 0 Å². The van der Waals surface area contributed by atoms with Crippen molar-refractivity contribution in [3.8, 4) is 0 Å². The van der Waals surface area contributed by atoms with Crippen molar-refractivity contribution in [1.29, 1.82) is 0 Å². The molecule has 0 unspecified atom stereocenters. The fourth-order valence-corrected chi connectivity index (χ4v) is 2.23. The quantitative estimate of drug-likeness (QED) is 0.841. The molecular formula is C10H9Cl2NO2. The molecule has 0 radical (unpaired) electrons. The lowest BCUT2D eigenvalue weighted by Crippen LogP contribution is -2.34. The third-order valence-corrected chi connectivity index (χ3v) is 3.30. The lowest BCUT2D eigenvalue weighted by atomic mass is 10.1. The number of carboxylic acid groups (broad SMARTS) is 1. The monoisotopic (exact) mass is 245 g/mol. The van der Waals surface area contributed by atoms with Gasteiger partial charge in [0.2, 0.25) is 0 Å². The van der Waals surface area contributed by atoms with Crippen LogP contribution in [0.15, 0.2) is 18.2 Å². The summed E-state index contributed by atoms with van der Waals surface area (Å²) in [4.78, 5) is 10.9. The molecule has 2 atom stereocenters. The largest absolute Gasteiger partial charge is 0.480 e. The van der Waals surface area contributed by atoms with Crippen molar-refractivity contribution < 1.29 is 9.90 Å². The first-order valence-electron chi connectivity index (χ1n) is 4.42. The summed E-state index contributed by atoms with van der Waals surface area (Å²) in [6.07, 6.45) is 0.420. The molecule has 0 aromatic heterocycles. The summed E-state index contributed by atoms with van der Waals surface area (Å²) in [5, 5.41) is 9.90. The Hall–Kier alpha value is -0.770. The zero-order valence-corrected chi connectivity index (χ0v) is 9.22. The van der Waals surface area contributed by atoms with E-state index in [2.05, 4.69) is 0 Å². The van der Waals surface area contributed by atoms with Crippen molar-refractivity contribution in [2.75, 3.05) is 0 Å². The maximum atomic E-state index is 10.9. The zero-order chi connectivity index (χ0) is 11.2. The summed E-state index contributed by atoms with van der Waals surface area (Å²) >= 11 is 11.7. The van der Waals surface area contributed by atoms with Gasteiger partial charge >= 0.3 is 5.97 Å². The van der Waals surface area contributed by atoms with Gasteiger partial charge in [0.1, 0.15) is 5.54 Å². The lowest BCUT2D eigenvalue weighted by Gasteiger charge is -2.07. The third-order valence-electron chi connectivity index (χ3n) is 2.74. The van der Waals surface area contributed by atoms with Crippen molar-refractivity contribution in [3.63, 3.8) is 0 Å². The van der Waals surface area contributed by atoms with E-state index in [0.29, 0.717) is 16.5 Å². The van der Waals surface area contributed by atoms with E-state index in [0.717, 1.165) is 5.56 Å². The molecule has 1 aliphatic carbocycles. The highest BCUT2D eigenvalue weighted by Crippen LogP contribution is 2.51. The summed E-state index contributed by atoms with van der Waals surface area (Å²) in [5.41, 5.74) is 5.28. The second-order valence-electron chi connectivity index (χ2n) is 3.77. The molecule has 2 rings (SSSR count). The van der Waals surface area contributed by atoms with Crippen LogP contribution in [0.4, 0.5) is 0 Å². The smallest absolute Gasteiger partial charge is 0.324 e. The summed E-state index contributed by atoms with van der Waals surface area (Å²) in [6, 6.07) is 5.01. The lowest BCUT2D eigenvalue weighted by molar-refractivity contribution is -0.139. The molecule has 0 amide bonds. The molecule has 80 valence electrons. The van der Waals surface area contributed by atoms with E-state index in [-0.39, 0.29) is 5.92 Å². The number of carbonyl (C=O) groups is 1. The Balaban J connectivity index is 2.31. The van der Waals surface area contributed by atoms with Crippen LogP contribution in [0.3, 0.4) is 0 Å². The molecule has 1 aromatic carbocycles. The number of rotatable bonds is 2. The first-order chi connectivity index (χ1) is 6.95. The maximum absolute atomic E-state index is 10.9. The minimum absolute atomic E-state index is 0.209. The van der Waals surface area contributed by atoms with Gasteiger partial charge in [-0.25, -0.2) is 0 Å². The maximum Gasteiger partial charge on any atom is 0.324 e. The summed E-state index contributed by atoms with van der Waals surface area (Å²) in [6.45, 7) is 0. The van der Waals surface area contributed by atoms with Crippen LogP contribution < -0.4 is 5.73 Å². The second-order valence-corrected chi connectivity index (χ2v) is 4.61. The molecule has 0 saturated heterocycles. The Morgan fingerprint density at radius 1 is 1.53 bits per heavy atom. The van der Waals surface area contributed by atoms with Crippen molar-refractivity contribution in [2.45, 2.75) is 17.9 Å². The van der Waals surface area contributed by atoms with Gasteiger partial charge in [-0.1, -0.05) is 29.3 Å². The van der Waals surface area contributed by atoms with Crippen LogP contribution >= 0.6 is 23.2 Å². The predicted octanol–water partition coefficient (Wildman–Crippen LogP) is 2.26. The van der Waals surface area contributed by atoms with Gasteiger partial charge in [-0.3, -0.25) is 4.79 Å². The standard InChI is InChI=1S/C10H9Cl2NO2/c11-5-1-2-6(8(12)3-5)7-4-10(7,13)9(14)15/h1-3,7H,4,13H2,(H,14,15)/t7-,10+/m1/s1. The number of aliphatic carboxylic acids is 1. The van der Waals surface area contributed by atoms with E-state index in [1.807, 2.05) is 0 Å². The molecule has 15 heavy (non-hydrogen) atoms. The minimum Gasteiger partial charge on any atom is -0.480 e. The van der Waals surface area contributed by atoms with Gasteiger partial charge in [-0.05, 0) is 24.1 Å². The van der Waals surface area contributed by atoms with Crippen LogP contribution in [-0.2, 0) is 4.79 Å². The predicted molar refractivity (Wildman–Crippen MR) is 58.4 cm³/mol. The Morgan fingerprint density at radius 3 is 2.67 bits per heavy atom. The Morgan fingerprint density at radius 2 is 2.20 bits per heavy atom. The molecular weight excluding hydrogens is 237 g/mol. The number of benzene rings is 1. The zero-order valence-electron chi connectivity index (χ0n) is 7.71. The van der Waals surface area contributed by atoms with Crippen LogP contribution in [0, 0.1) is 0 Å². The normalized spacial score (nSPS) is 28.9. The van der Waals surface area contributed by atoms with Gasteiger partial charge < -0.3 is 10.8 Å². The molecule has 1 aromatic rings. The number of carboxylic acids is 1. The van der Waals surface area contributed by atoms with Crippen LogP contribution in [-0.4, -0.2) is 16.6 Å². The number of hydrogen-bond acceptors (Lipinski definition) is 2. The topological polar surface area (TPSA) is 63.3 Å². The van der Waals surface area contributed by atoms with Crippen LogP contribution in [0.1, 0.15) is 17.9 Å². The van der Waals surface area contributed by atoms with E-state index in [4.69, 9.17) is 34.0 Å². The summed E-state index contributed by atoms with van der Waals surface area (Å²) in [7, 11) is 0. The molecule has 3 N–H and O–H groups in total. The van der Waals surface area contributed by atoms with E-state index in [9.17, 15) is 4.79 Å². The Bertz CT molecular complexity index is 435. The first-order valence-corrected chi connectivity index (χ1v) is 5.18. The molecule has 5 heteroatoms. The fraction of sp³-hybridized carbons (Fsp3) is 0.300. The summed E-state index contributed by atoms with van der Waals surface area (Å²) in [5.74, 6) is -1.20. The molecule has 3 nitrogen and oxygen atoms in total. The number of halogens is 2. The minimum atomic E-state index is -1.16. The Kier molecular flexibility index (Phi) is 2.41. The first kappa shape index (κ1) is 10.7. The molecule has 0 heterocycles. The molecule has 1 fully saturated rings.